The lowest BCUT2D eigenvalue weighted by Crippen LogP contribution is -2.29. The molecule has 0 radical (unpaired) electrons. The van der Waals surface area contributed by atoms with Crippen LogP contribution in [0.15, 0.2) is 34.9 Å². The molecule has 0 aliphatic carbocycles. The van der Waals surface area contributed by atoms with E-state index in [9.17, 15) is 9.90 Å². The van der Waals surface area contributed by atoms with Gasteiger partial charge in [-0.1, -0.05) is 23.4 Å². The van der Waals surface area contributed by atoms with Crippen molar-refractivity contribution in [3.63, 3.8) is 0 Å². The van der Waals surface area contributed by atoms with Crippen LogP contribution in [0.5, 0.6) is 5.75 Å². The molecule has 5 heteroatoms. The number of phenolic OH excluding ortho intramolecular Hbond substituents is 1. The maximum Gasteiger partial charge on any atom is 0.292 e. The number of carbonyl (C=O) groups is 1. The van der Waals surface area contributed by atoms with Gasteiger partial charge in [0.2, 0.25) is 5.76 Å². The van der Waals surface area contributed by atoms with Gasteiger partial charge in [-0.25, -0.2) is 0 Å². The lowest BCUT2D eigenvalue weighted by Gasteiger charge is -2.24. The first-order valence-electron chi connectivity index (χ1n) is 5.99. The first kappa shape index (κ1) is 13.1. The molecule has 1 amide bonds. The highest BCUT2D eigenvalue weighted by Crippen LogP contribution is 2.28. The van der Waals surface area contributed by atoms with Crippen LogP contribution in [-0.2, 0) is 0 Å². The van der Waals surface area contributed by atoms with Crippen LogP contribution in [0.4, 0.5) is 0 Å². The molecule has 0 saturated heterocycles. The van der Waals surface area contributed by atoms with Gasteiger partial charge in [0, 0.05) is 18.7 Å². The van der Waals surface area contributed by atoms with Crippen molar-refractivity contribution in [1.29, 1.82) is 0 Å². The lowest BCUT2D eigenvalue weighted by atomic mass is 10.1. The summed E-state index contributed by atoms with van der Waals surface area (Å²) in [6.07, 6.45) is 0. The summed E-state index contributed by atoms with van der Waals surface area (Å²) < 4.78 is 4.96. The quantitative estimate of drug-likeness (QED) is 0.920. The molecular formula is C14H16N2O3. The van der Waals surface area contributed by atoms with Gasteiger partial charge in [0.1, 0.15) is 5.75 Å². The number of phenols is 1. The molecule has 19 heavy (non-hydrogen) atoms. The molecular weight excluding hydrogens is 244 g/mol. The van der Waals surface area contributed by atoms with E-state index in [1.54, 1.807) is 38.2 Å². The maximum atomic E-state index is 12.2. The first-order chi connectivity index (χ1) is 9.00. The van der Waals surface area contributed by atoms with Gasteiger partial charge in [0.05, 0.1) is 11.7 Å². The molecule has 1 aromatic heterocycles. The van der Waals surface area contributed by atoms with Gasteiger partial charge in [0.25, 0.3) is 5.91 Å². The molecule has 1 unspecified atom stereocenters. The van der Waals surface area contributed by atoms with Crippen molar-refractivity contribution >= 4 is 5.91 Å². The number of rotatable bonds is 3. The van der Waals surface area contributed by atoms with Crippen molar-refractivity contribution in [1.82, 2.24) is 10.1 Å². The van der Waals surface area contributed by atoms with E-state index < -0.39 is 0 Å². The van der Waals surface area contributed by atoms with E-state index in [1.165, 1.54) is 4.90 Å². The van der Waals surface area contributed by atoms with Crippen LogP contribution in [0.3, 0.4) is 0 Å². The van der Waals surface area contributed by atoms with Gasteiger partial charge in [-0.15, -0.1) is 0 Å². The van der Waals surface area contributed by atoms with Crippen LogP contribution < -0.4 is 0 Å². The van der Waals surface area contributed by atoms with Crippen molar-refractivity contribution in [3.05, 3.63) is 47.3 Å². The monoisotopic (exact) mass is 260 g/mol. The van der Waals surface area contributed by atoms with Gasteiger partial charge in [-0.2, -0.15) is 0 Å². The summed E-state index contributed by atoms with van der Waals surface area (Å²) in [6, 6.07) is 8.28. The number of amides is 1. The third kappa shape index (κ3) is 2.59. The zero-order chi connectivity index (χ0) is 14.0. The maximum absolute atomic E-state index is 12.2. The first-order valence-corrected chi connectivity index (χ1v) is 5.99. The number of aromatic nitrogens is 1. The number of carbonyl (C=O) groups excluding carboxylic acids is 1. The Balaban J connectivity index is 2.22. The summed E-state index contributed by atoms with van der Waals surface area (Å²) in [5.41, 5.74) is 1.35. The fourth-order valence-corrected chi connectivity index (χ4v) is 1.86. The number of aryl methyl sites for hydroxylation is 1. The van der Waals surface area contributed by atoms with E-state index in [0.29, 0.717) is 11.3 Å². The van der Waals surface area contributed by atoms with Crippen LogP contribution in [-0.4, -0.2) is 28.1 Å². The zero-order valence-electron chi connectivity index (χ0n) is 11.1. The minimum absolute atomic E-state index is 0.170. The van der Waals surface area contributed by atoms with E-state index in [0.717, 1.165) is 0 Å². The molecule has 2 aromatic rings. The fourth-order valence-electron chi connectivity index (χ4n) is 1.86. The number of hydrogen-bond acceptors (Lipinski definition) is 4. The topological polar surface area (TPSA) is 66.6 Å². The van der Waals surface area contributed by atoms with E-state index in [1.807, 2.05) is 13.0 Å². The van der Waals surface area contributed by atoms with Crippen LogP contribution in [0.2, 0.25) is 0 Å². The Kier molecular flexibility index (Phi) is 3.55. The van der Waals surface area contributed by atoms with Gasteiger partial charge >= 0.3 is 0 Å². The second-order valence-electron chi connectivity index (χ2n) is 4.48. The Morgan fingerprint density at radius 3 is 2.68 bits per heavy atom. The predicted molar refractivity (Wildman–Crippen MR) is 69.9 cm³/mol. The highest BCUT2D eigenvalue weighted by molar-refractivity contribution is 5.91. The molecule has 0 saturated carbocycles. The second kappa shape index (κ2) is 5.14. The standard InChI is InChI=1S/C14H16N2O3/c1-9-8-13(19-15-9)14(18)16(3)10(2)11-6-4-5-7-12(11)17/h4-8,10,17H,1-3H3. The normalized spacial score (nSPS) is 12.2. The molecule has 1 atom stereocenters. The average molecular weight is 260 g/mol. The molecule has 2 rings (SSSR count). The Morgan fingerprint density at radius 1 is 1.42 bits per heavy atom. The number of aromatic hydroxyl groups is 1. The minimum Gasteiger partial charge on any atom is -0.508 e. The molecule has 0 bridgehead atoms. The molecule has 0 spiro atoms. The van der Waals surface area contributed by atoms with Gasteiger partial charge in [-0.05, 0) is 19.9 Å². The third-order valence-electron chi connectivity index (χ3n) is 3.13. The number of nitrogens with zero attached hydrogens (tertiary/aromatic N) is 2. The Hall–Kier alpha value is -2.30. The van der Waals surface area contributed by atoms with Crippen molar-refractivity contribution in [2.45, 2.75) is 19.9 Å². The number of hydrogen-bond donors (Lipinski definition) is 1. The van der Waals surface area contributed by atoms with E-state index in [-0.39, 0.29) is 23.5 Å². The summed E-state index contributed by atoms with van der Waals surface area (Å²) in [7, 11) is 1.66. The van der Waals surface area contributed by atoms with Crippen molar-refractivity contribution in [2.75, 3.05) is 7.05 Å². The van der Waals surface area contributed by atoms with Crippen molar-refractivity contribution < 1.29 is 14.4 Å². The Labute approximate surface area is 111 Å². The minimum atomic E-state index is -0.267. The van der Waals surface area contributed by atoms with E-state index in [4.69, 9.17) is 4.52 Å². The smallest absolute Gasteiger partial charge is 0.292 e. The summed E-state index contributed by atoms with van der Waals surface area (Å²) in [6.45, 7) is 3.60. The summed E-state index contributed by atoms with van der Waals surface area (Å²) in [5, 5.41) is 13.5. The Bertz CT molecular complexity index is 592. The molecule has 100 valence electrons. The summed E-state index contributed by atoms with van der Waals surface area (Å²) in [4.78, 5) is 13.7. The fraction of sp³-hybridized carbons (Fsp3) is 0.286. The van der Waals surface area contributed by atoms with Crippen LogP contribution in [0, 0.1) is 6.92 Å². The zero-order valence-corrected chi connectivity index (χ0v) is 11.1. The predicted octanol–water partition coefficient (Wildman–Crippen LogP) is 2.52. The molecule has 1 heterocycles. The molecule has 5 nitrogen and oxygen atoms in total. The van der Waals surface area contributed by atoms with Crippen molar-refractivity contribution in [3.8, 4) is 5.75 Å². The summed E-state index contributed by atoms with van der Waals surface area (Å²) >= 11 is 0. The summed E-state index contributed by atoms with van der Waals surface area (Å²) in [5.74, 6) is 0.0991. The largest absolute Gasteiger partial charge is 0.508 e. The molecule has 1 N–H and O–H groups in total. The number of para-hydroxylation sites is 1. The average Bonchev–Trinajstić information content (AvgIpc) is 2.83. The third-order valence-corrected chi connectivity index (χ3v) is 3.13. The van der Waals surface area contributed by atoms with E-state index in [2.05, 4.69) is 5.16 Å². The van der Waals surface area contributed by atoms with Gasteiger partial charge in [0.15, 0.2) is 0 Å². The van der Waals surface area contributed by atoms with E-state index >= 15 is 0 Å². The molecule has 0 aliphatic rings. The van der Waals surface area contributed by atoms with Gasteiger partial charge < -0.3 is 14.5 Å². The number of benzene rings is 1. The van der Waals surface area contributed by atoms with Crippen LogP contribution in [0.25, 0.3) is 0 Å². The van der Waals surface area contributed by atoms with Crippen LogP contribution >= 0.6 is 0 Å². The highest BCUT2D eigenvalue weighted by Gasteiger charge is 2.23. The lowest BCUT2D eigenvalue weighted by molar-refractivity contribution is 0.0699. The molecule has 1 aromatic carbocycles. The highest BCUT2D eigenvalue weighted by atomic mass is 16.5. The van der Waals surface area contributed by atoms with Gasteiger partial charge in [-0.3, -0.25) is 4.79 Å². The Morgan fingerprint density at radius 2 is 2.11 bits per heavy atom. The molecule has 0 fully saturated rings. The van der Waals surface area contributed by atoms with Crippen LogP contribution in [0.1, 0.15) is 34.8 Å². The van der Waals surface area contributed by atoms with Crippen molar-refractivity contribution in [2.24, 2.45) is 0 Å². The molecule has 0 aliphatic heterocycles. The SMILES string of the molecule is Cc1cc(C(=O)N(C)C(C)c2ccccc2O)on1. The second-order valence-corrected chi connectivity index (χ2v) is 4.48.